The van der Waals surface area contributed by atoms with E-state index in [0.717, 1.165) is 5.56 Å². The summed E-state index contributed by atoms with van der Waals surface area (Å²) in [6, 6.07) is 8.27. The van der Waals surface area contributed by atoms with E-state index in [4.69, 9.17) is 9.47 Å². The molecular weight excluding hydrogens is 310 g/mol. The van der Waals surface area contributed by atoms with Crippen molar-refractivity contribution in [3.8, 4) is 0 Å². The van der Waals surface area contributed by atoms with Gasteiger partial charge in [0.15, 0.2) is 0 Å². The van der Waals surface area contributed by atoms with Crippen LogP contribution in [0.15, 0.2) is 30.3 Å². The minimum absolute atomic E-state index is 0.129. The normalized spacial score (nSPS) is 16.6. The first-order valence-electron chi connectivity index (χ1n) is 8.30. The van der Waals surface area contributed by atoms with Crippen LogP contribution in [0, 0.1) is 5.92 Å². The number of hydrogen-bond donors (Lipinski definition) is 1. The lowest BCUT2D eigenvalue weighted by Gasteiger charge is -2.38. The third kappa shape index (κ3) is 4.71. The monoisotopic (exact) mass is 335 g/mol. The van der Waals surface area contributed by atoms with E-state index in [1.165, 1.54) is 4.90 Å². The molecule has 6 heteroatoms. The summed E-state index contributed by atoms with van der Waals surface area (Å²) in [6.45, 7) is 4.78. The van der Waals surface area contributed by atoms with Crippen LogP contribution < -0.4 is 0 Å². The van der Waals surface area contributed by atoms with Gasteiger partial charge in [0, 0.05) is 19.3 Å². The van der Waals surface area contributed by atoms with E-state index in [-0.39, 0.29) is 18.6 Å². The average molecular weight is 335 g/mol. The lowest BCUT2D eigenvalue weighted by atomic mass is 9.98. The zero-order valence-corrected chi connectivity index (χ0v) is 14.2. The summed E-state index contributed by atoms with van der Waals surface area (Å²) in [4.78, 5) is 25.8. The summed E-state index contributed by atoms with van der Waals surface area (Å²) in [6.07, 6.45) is 0.667. The van der Waals surface area contributed by atoms with Crippen LogP contribution in [0.4, 0.5) is 4.79 Å². The first kappa shape index (κ1) is 18.3. The zero-order valence-electron chi connectivity index (χ0n) is 14.2. The molecule has 132 valence electrons. The third-order valence-electron chi connectivity index (χ3n) is 4.18. The van der Waals surface area contributed by atoms with Gasteiger partial charge in [0.05, 0.1) is 0 Å². The highest BCUT2D eigenvalue weighted by molar-refractivity contribution is 5.80. The Morgan fingerprint density at radius 1 is 1.25 bits per heavy atom. The molecule has 24 heavy (non-hydrogen) atoms. The lowest BCUT2D eigenvalue weighted by Crippen LogP contribution is -2.54. The van der Waals surface area contributed by atoms with Crippen molar-refractivity contribution in [3.05, 3.63) is 35.9 Å². The maximum atomic E-state index is 12.7. The molecule has 1 aromatic carbocycles. The van der Waals surface area contributed by atoms with Gasteiger partial charge in [-0.15, -0.1) is 0 Å². The minimum atomic E-state index is -1.01. The lowest BCUT2D eigenvalue weighted by molar-refractivity contribution is -0.146. The number of amides is 1. The fraction of sp³-hybridized carbons (Fsp3) is 0.556. The minimum Gasteiger partial charge on any atom is -0.480 e. The Morgan fingerprint density at radius 3 is 2.42 bits per heavy atom. The van der Waals surface area contributed by atoms with Crippen molar-refractivity contribution in [2.45, 2.75) is 45.4 Å². The van der Waals surface area contributed by atoms with E-state index in [2.05, 4.69) is 0 Å². The van der Waals surface area contributed by atoms with Crippen molar-refractivity contribution in [1.29, 1.82) is 0 Å². The molecule has 6 nitrogen and oxygen atoms in total. The highest BCUT2D eigenvalue weighted by Crippen LogP contribution is 2.23. The second kappa shape index (κ2) is 8.68. The number of carboxylic acids is 1. The van der Waals surface area contributed by atoms with Crippen LogP contribution in [0.25, 0.3) is 0 Å². The second-order valence-corrected chi connectivity index (χ2v) is 6.32. The molecule has 2 rings (SSSR count). The van der Waals surface area contributed by atoms with Crippen LogP contribution in [-0.2, 0) is 20.9 Å². The Labute approximate surface area is 142 Å². The number of hydrogen-bond acceptors (Lipinski definition) is 4. The fourth-order valence-electron chi connectivity index (χ4n) is 2.97. The highest BCUT2D eigenvalue weighted by atomic mass is 16.6. The Morgan fingerprint density at radius 2 is 1.88 bits per heavy atom. The first-order chi connectivity index (χ1) is 11.5. The summed E-state index contributed by atoms with van der Waals surface area (Å²) in [7, 11) is 0. The highest BCUT2D eigenvalue weighted by Gasteiger charge is 2.38. The molecule has 1 aliphatic heterocycles. The summed E-state index contributed by atoms with van der Waals surface area (Å²) >= 11 is 0. The molecule has 1 saturated heterocycles. The van der Waals surface area contributed by atoms with Gasteiger partial charge in [-0.2, -0.15) is 0 Å². The number of carbonyl (C=O) groups is 2. The molecule has 0 spiro atoms. The van der Waals surface area contributed by atoms with Crippen LogP contribution in [0.3, 0.4) is 0 Å². The quantitative estimate of drug-likeness (QED) is 0.865. The first-order valence-corrected chi connectivity index (χ1v) is 8.30. The Hall–Kier alpha value is -2.08. The molecule has 0 saturated carbocycles. The van der Waals surface area contributed by atoms with E-state index < -0.39 is 18.1 Å². The van der Waals surface area contributed by atoms with Crippen LogP contribution in [-0.4, -0.2) is 47.4 Å². The molecule has 1 aliphatic rings. The molecule has 1 atom stereocenters. The van der Waals surface area contributed by atoms with Crippen molar-refractivity contribution in [1.82, 2.24) is 4.90 Å². The van der Waals surface area contributed by atoms with Gasteiger partial charge in [0.25, 0.3) is 0 Å². The van der Waals surface area contributed by atoms with Gasteiger partial charge in [-0.25, -0.2) is 9.59 Å². The van der Waals surface area contributed by atoms with Crippen LogP contribution in [0.2, 0.25) is 0 Å². The molecule has 0 radical (unpaired) electrons. The fourth-order valence-corrected chi connectivity index (χ4v) is 2.97. The molecule has 1 aromatic rings. The van der Waals surface area contributed by atoms with Gasteiger partial charge in [-0.1, -0.05) is 44.2 Å². The van der Waals surface area contributed by atoms with E-state index in [9.17, 15) is 14.7 Å². The summed E-state index contributed by atoms with van der Waals surface area (Å²) in [5, 5.41) is 9.60. The van der Waals surface area contributed by atoms with Crippen LogP contribution in [0.5, 0.6) is 0 Å². The van der Waals surface area contributed by atoms with Crippen LogP contribution >= 0.6 is 0 Å². The van der Waals surface area contributed by atoms with Gasteiger partial charge in [0.2, 0.25) is 0 Å². The van der Waals surface area contributed by atoms with Crippen LogP contribution in [0.1, 0.15) is 32.3 Å². The number of carboxylic acid groups (broad SMARTS) is 1. The Balaban J connectivity index is 2.13. The molecule has 1 fully saturated rings. The van der Waals surface area contributed by atoms with Gasteiger partial charge in [-0.05, 0) is 24.3 Å². The number of benzene rings is 1. The van der Waals surface area contributed by atoms with Crippen molar-refractivity contribution < 1.29 is 24.2 Å². The number of aliphatic carboxylic acids is 1. The number of carbonyl (C=O) groups excluding carboxylic acids is 1. The predicted molar refractivity (Wildman–Crippen MR) is 88.6 cm³/mol. The van der Waals surface area contributed by atoms with E-state index in [1.807, 2.05) is 30.3 Å². The van der Waals surface area contributed by atoms with Crippen molar-refractivity contribution in [2.75, 3.05) is 13.2 Å². The average Bonchev–Trinajstić information content (AvgIpc) is 2.58. The molecular formula is C18H25NO5. The Kier molecular flexibility index (Phi) is 6.61. The van der Waals surface area contributed by atoms with Crippen molar-refractivity contribution in [3.63, 3.8) is 0 Å². The summed E-state index contributed by atoms with van der Waals surface area (Å²) < 4.78 is 10.7. The molecule has 1 N–H and O–H groups in total. The largest absolute Gasteiger partial charge is 0.480 e. The van der Waals surface area contributed by atoms with E-state index in [1.54, 1.807) is 13.8 Å². The van der Waals surface area contributed by atoms with Gasteiger partial charge < -0.3 is 14.6 Å². The van der Waals surface area contributed by atoms with Gasteiger partial charge in [0.1, 0.15) is 12.6 Å². The van der Waals surface area contributed by atoms with Gasteiger partial charge in [-0.3, -0.25) is 4.90 Å². The number of nitrogens with zero attached hydrogens (tertiary/aromatic N) is 1. The maximum Gasteiger partial charge on any atom is 0.411 e. The standard InChI is InChI=1S/C18H25NO5/c1-13(2)16(17(20)21)19(15-8-10-23-11-9-15)18(22)24-12-14-6-4-3-5-7-14/h3-7,13,15-16H,8-12H2,1-2H3,(H,20,21). The maximum absolute atomic E-state index is 12.7. The molecule has 0 bridgehead atoms. The predicted octanol–water partition coefficient (Wildman–Crippen LogP) is 2.91. The van der Waals surface area contributed by atoms with E-state index in [0.29, 0.717) is 26.1 Å². The topological polar surface area (TPSA) is 76.1 Å². The molecule has 1 amide bonds. The Bertz CT molecular complexity index is 540. The molecule has 1 unspecified atom stereocenters. The zero-order chi connectivity index (χ0) is 17.5. The van der Waals surface area contributed by atoms with Crippen molar-refractivity contribution >= 4 is 12.1 Å². The molecule has 0 aliphatic carbocycles. The third-order valence-corrected chi connectivity index (χ3v) is 4.18. The smallest absolute Gasteiger partial charge is 0.411 e. The number of rotatable bonds is 6. The van der Waals surface area contributed by atoms with E-state index >= 15 is 0 Å². The second-order valence-electron chi connectivity index (χ2n) is 6.32. The SMILES string of the molecule is CC(C)C(C(=O)O)N(C(=O)OCc1ccccc1)C1CCOCC1. The number of ether oxygens (including phenoxy) is 2. The summed E-state index contributed by atoms with van der Waals surface area (Å²) in [5.41, 5.74) is 0.870. The van der Waals surface area contributed by atoms with Crippen molar-refractivity contribution in [2.24, 2.45) is 5.92 Å². The van der Waals surface area contributed by atoms with Gasteiger partial charge >= 0.3 is 12.1 Å². The molecule has 0 aromatic heterocycles. The molecule has 1 heterocycles. The summed E-state index contributed by atoms with van der Waals surface area (Å²) in [5.74, 6) is -1.22.